The fourth-order valence-corrected chi connectivity index (χ4v) is 3.09. The van der Waals surface area contributed by atoms with E-state index in [2.05, 4.69) is 43.2 Å². The number of anilines is 2. The number of aliphatic carboxylic acids is 1. The molecule has 0 aliphatic rings. The first-order valence-electron chi connectivity index (χ1n) is 6.76. The number of thiazole rings is 1. The molecule has 21 heavy (non-hydrogen) atoms. The van der Waals surface area contributed by atoms with Crippen LogP contribution in [0.3, 0.4) is 0 Å². The van der Waals surface area contributed by atoms with Gasteiger partial charge in [-0.1, -0.05) is 17.7 Å². The van der Waals surface area contributed by atoms with Crippen LogP contribution in [0, 0.1) is 20.8 Å². The summed E-state index contributed by atoms with van der Waals surface area (Å²) in [6, 6.07) is 4.23. The zero-order chi connectivity index (χ0) is 15.8. The summed E-state index contributed by atoms with van der Waals surface area (Å²) in [6.07, 6.45) is 0. The minimum Gasteiger partial charge on any atom is -0.481 e. The molecule has 0 atom stereocenters. The number of hydrogen-bond donors (Lipinski definition) is 2. The summed E-state index contributed by atoms with van der Waals surface area (Å²) in [5, 5.41) is 15.1. The van der Waals surface area contributed by atoms with Crippen LogP contribution in [-0.4, -0.2) is 16.1 Å². The Morgan fingerprint density at radius 1 is 1.24 bits per heavy atom. The van der Waals surface area contributed by atoms with Gasteiger partial charge in [0.25, 0.3) is 0 Å². The molecule has 0 fully saturated rings. The number of nitrogens with one attached hydrogen (secondary N) is 1. The first kappa shape index (κ1) is 15.5. The Labute approximate surface area is 128 Å². The quantitative estimate of drug-likeness (QED) is 0.889. The second-order valence-electron chi connectivity index (χ2n) is 5.87. The van der Waals surface area contributed by atoms with Gasteiger partial charge in [0, 0.05) is 11.1 Å². The Hall–Kier alpha value is -1.88. The number of carbonyl (C=O) groups is 1. The van der Waals surface area contributed by atoms with Gasteiger partial charge in [0.1, 0.15) is 5.41 Å². The summed E-state index contributed by atoms with van der Waals surface area (Å²) >= 11 is 1.42. The van der Waals surface area contributed by atoms with E-state index in [-0.39, 0.29) is 0 Å². The molecule has 2 aromatic rings. The lowest BCUT2D eigenvalue weighted by molar-refractivity contribution is -0.142. The summed E-state index contributed by atoms with van der Waals surface area (Å²) in [4.78, 5) is 15.7. The van der Waals surface area contributed by atoms with Crippen LogP contribution in [0.2, 0.25) is 0 Å². The van der Waals surface area contributed by atoms with Crippen LogP contribution in [-0.2, 0) is 10.2 Å². The van der Waals surface area contributed by atoms with Gasteiger partial charge in [0.05, 0.1) is 5.69 Å². The van der Waals surface area contributed by atoms with E-state index in [0.29, 0.717) is 5.69 Å². The maximum Gasteiger partial charge on any atom is 0.315 e. The van der Waals surface area contributed by atoms with Crippen LogP contribution in [0.1, 0.15) is 36.2 Å². The first-order valence-corrected chi connectivity index (χ1v) is 7.64. The largest absolute Gasteiger partial charge is 0.481 e. The van der Waals surface area contributed by atoms with Crippen molar-refractivity contribution in [3.05, 3.63) is 39.9 Å². The summed E-state index contributed by atoms with van der Waals surface area (Å²) in [5.41, 5.74) is 4.17. The molecule has 1 heterocycles. The van der Waals surface area contributed by atoms with Gasteiger partial charge in [-0.05, 0) is 45.7 Å². The monoisotopic (exact) mass is 304 g/mol. The smallest absolute Gasteiger partial charge is 0.315 e. The molecule has 5 heteroatoms. The Kier molecular flexibility index (Phi) is 4.05. The fraction of sp³-hybridized carbons (Fsp3) is 0.375. The van der Waals surface area contributed by atoms with Crippen LogP contribution in [0.5, 0.6) is 0 Å². The molecule has 0 aliphatic heterocycles. The van der Waals surface area contributed by atoms with E-state index in [1.807, 2.05) is 0 Å². The number of hydrogen-bond acceptors (Lipinski definition) is 4. The number of rotatable bonds is 4. The molecule has 0 spiro atoms. The van der Waals surface area contributed by atoms with Gasteiger partial charge in [0.2, 0.25) is 0 Å². The highest BCUT2D eigenvalue weighted by Gasteiger charge is 2.32. The van der Waals surface area contributed by atoms with E-state index in [4.69, 9.17) is 0 Å². The van der Waals surface area contributed by atoms with Gasteiger partial charge in [0.15, 0.2) is 5.13 Å². The van der Waals surface area contributed by atoms with Crippen molar-refractivity contribution in [1.82, 2.24) is 4.98 Å². The first-order chi connectivity index (χ1) is 9.71. The summed E-state index contributed by atoms with van der Waals surface area (Å²) < 4.78 is 0. The van der Waals surface area contributed by atoms with E-state index >= 15 is 0 Å². The molecule has 112 valence electrons. The van der Waals surface area contributed by atoms with E-state index < -0.39 is 11.4 Å². The Morgan fingerprint density at radius 2 is 1.81 bits per heavy atom. The zero-order valence-electron chi connectivity index (χ0n) is 12.9. The van der Waals surface area contributed by atoms with E-state index in [1.54, 1.807) is 19.2 Å². The molecule has 0 aliphatic carbocycles. The van der Waals surface area contributed by atoms with Crippen molar-refractivity contribution in [2.24, 2.45) is 0 Å². The minimum atomic E-state index is -0.978. The number of carboxylic acids is 1. The topological polar surface area (TPSA) is 62.2 Å². The van der Waals surface area contributed by atoms with Gasteiger partial charge in [-0.15, -0.1) is 11.3 Å². The van der Waals surface area contributed by atoms with Crippen molar-refractivity contribution in [3.8, 4) is 0 Å². The highest BCUT2D eigenvalue weighted by atomic mass is 32.1. The molecule has 0 radical (unpaired) electrons. The van der Waals surface area contributed by atoms with E-state index in [1.165, 1.54) is 16.9 Å². The van der Waals surface area contributed by atoms with E-state index in [9.17, 15) is 9.90 Å². The predicted octanol–water partition coefficient (Wildman–Crippen LogP) is 4.17. The summed E-state index contributed by atoms with van der Waals surface area (Å²) in [7, 11) is 0. The highest BCUT2D eigenvalue weighted by Crippen LogP contribution is 2.31. The molecule has 0 saturated heterocycles. The number of benzene rings is 1. The van der Waals surface area contributed by atoms with Crippen LogP contribution >= 0.6 is 11.3 Å². The molecule has 2 rings (SSSR count). The van der Waals surface area contributed by atoms with Gasteiger partial charge >= 0.3 is 5.97 Å². The average Bonchev–Trinajstić information content (AvgIpc) is 2.82. The highest BCUT2D eigenvalue weighted by molar-refractivity contribution is 7.13. The number of carboxylic acid groups (broad SMARTS) is 1. The third kappa shape index (κ3) is 3.08. The van der Waals surface area contributed by atoms with E-state index in [0.717, 1.165) is 21.9 Å². The predicted molar refractivity (Wildman–Crippen MR) is 86.7 cm³/mol. The second kappa shape index (κ2) is 5.48. The zero-order valence-corrected chi connectivity index (χ0v) is 13.8. The summed E-state index contributed by atoms with van der Waals surface area (Å²) in [5.74, 6) is -0.873. The molecule has 0 saturated carbocycles. The van der Waals surface area contributed by atoms with Gasteiger partial charge in [-0.2, -0.15) is 0 Å². The standard InChI is InChI=1S/C16H20N2O2S/c1-9-6-10(2)13(11(3)7-9)18-15-17-12(8-21-15)16(4,5)14(19)20/h6-8H,1-5H3,(H,17,18)(H,19,20). The third-order valence-corrected chi connectivity index (χ3v) is 4.35. The number of aryl methyl sites for hydroxylation is 3. The number of aromatic nitrogens is 1. The maximum atomic E-state index is 11.3. The molecule has 0 unspecified atom stereocenters. The summed E-state index contributed by atoms with van der Waals surface area (Å²) in [6.45, 7) is 9.50. The minimum absolute atomic E-state index is 0.574. The van der Waals surface area contributed by atoms with Crippen molar-refractivity contribution in [2.75, 3.05) is 5.32 Å². The molecular formula is C16H20N2O2S. The lowest BCUT2D eigenvalue weighted by atomic mass is 9.90. The Morgan fingerprint density at radius 3 is 2.33 bits per heavy atom. The van der Waals surface area contributed by atoms with Gasteiger partial charge < -0.3 is 10.4 Å². The van der Waals surface area contributed by atoms with Crippen LogP contribution < -0.4 is 5.32 Å². The third-order valence-electron chi connectivity index (χ3n) is 3.59. The van der Waals surface area contributed by atoms with Crippen LogP contribution in [0.25, 0.3) is 0 Å². The van der Waals surface area contributed by atoms with Crippen molar-refractivity contribution in [3.63, 3.8) is 0 Å². The fourth-order valence-electron chi connectivity index (χ4n) is 2.21. The molecule has 0 amide bonds. The Balaban J connectivity index is 2.31. The van der Waals surface area contributed by atoms with Gasteiger partial charge in [-0.25, -0.2) is 4.98 Å². The van der Waals surface area contributed by atoms with Crippen LogP contribution in [0.15, 0.2) is 17.5 Å². The van der Waals surface area contributed by atoms with Gasteiger partial charge in [-0.3, -0.25) is 4.79 Å². The van der Waals surface area contributed by atoms with Crippen molar-refractivity contribution in [2.45, 2.75) is 40.0 Å². The van der Waals surface area contributed by atoms with Crippen molar-refractivity contribution >= 4 is 28.1 Å². The second-order valence-corrected chi connectivity index (χ2v) is 6.72. The molecule has 1 aromatic carbocycles. The molecule has 1 aromatic heterocycles. The molecule has 2 N–H and O–H groups in total. The van der Waals surface area contributed by atoms with Crippen LogP contribution in [0.4, 0.5) is 10.8 Å². The maximum absolute atomic E-state index is 11.3. The lowest BCUT2D eigenvalue weighted by Crippen LogP contribution is -2.28. The normalized spacial score (nSPS) is 11.5. The average molecular weight is 304 g/mol. The van der Waals surface area contributed by atoms with Crippen molar-refractivity contribution in [1.29, 1.82) is 0 Å². The number of nitrogens with zero attached hydrogens (tertiary/aromatic N) is 1. The molecular weight excluding hydrogens is 284 g/mol. The lowest BCUT2D eigenvalue weighted by Gasteiger charge is -2.16. The Bertz CT molecular complexity index is 666. The molecule has 4 nitrogen and oxygen atoms in total. The van der Waals surface area contributed by atoms with Crippen molar-refractivity contribution < 1.29 is 9.90 Å². The molecule has 0 bridgehead atoms. The SMILES string of the molecule is Cc1cc(C)c(Nc2nc(C(C)(C)C(=O)O)cs2)c(C)c1.